The molecule has 2 heterocycles. The molecule has 0 aliphatic rings. The van der Waals surface area contributed by atoms with Gasteiger partial charge in [-0.15, -0.1) is 0 Å². The first-order valence-corrected chi connectivity index (χ1v) is 6.56. The lowest BCUT2D eigenvalue weighted by Crippen LogP contribution is -2.04. The zero-order valence-corrected chi connectivity index (χ0v) is 12.2. The molecule has 2 aromatic rings. The topological polar surface area (TPSA) is 86.7 Å². The molecule has 20 heavy (non-hydrogen) atoms. The fraction of sp³-hybridized carbons (Fsp3) is 0.417. The molecule has 0 bridgehead atoms. The van der Waals surface area contributed by atoms with Gasteiger partial charge in [-0.3, -0.25) is 10.1 Å². The van der Waals surface area contributed by atoms with Crippen LogP contribution in [0.25, 0.3) is 5.82 Å². The number of rotatable bonds is 4. The van der Waals surface area contributed by atoms with E-state index in [1.54, 1.807) is 13.0 Å². The van der Waals surface area contributed by atoms with Gasteiger partial charge in [-0.2, -0.15) is 9.78 Å². The lowest BCUT2D eigenvalue weighted by Gasteiger charge is -2.03. The Hall–Kier alpha value is -2.02. The molecule has 2 rings (SSSR count). The van der Waals surface area contributed by atoms with Gasteiger partial charge in [-0.1, -0.05) is 24.9 Å². The summed E-state index contributed by atoms with van der Waals surface area (Å²) in [7, 11) is 0. The highest BCUT2D eigenvalue weighted by atomic mass is 35.5. The summed E-state index contributed by atoms with van der Waals surface area (Å²) < 4.78 is 1.30. The normalized spacial score (nSPS) is 10.8. The Labute approximate surface area is 120 Å². The van der Waals surface area contributed by atoms with Crippen molar-refractivity contribution in [3.63, 3.8) is 0 Å². The maximum absolute atomic E-state index is 11.1. The van der Waals surface area contributed by atoms with E-state index < -0.39 is 4.92 Å². The Bertz CT molecular complexity index is 648. The lowest BCUT2D eigenvalue weighted by atomic mass is 10.2. The van der Waals surface area contributed by atoms with Gasteiger partial charge in [-0.05, 0) is 20.3 Å². The third-order valence-corrected chi connectivity index (χ3v) is 3.05. The minimum atomic E-state index is -0.502. The number of nitrogens with zero attached hydrogens (tertiary/aromatic N) is 5. The Morgan fingerprint density at radius 1 is 1.40 bits per heavy atom. The van der Waals surface area contributed by atoms with E-state index in [9.17, 15) is 10.1 Å². The van der Waals surface area contributed by atoms with Gasteiger partial charge in [-0.25, -0.2) is 9.97 Å². The molecule has 0 unspecified atom stereocenters. The Morgan fingerprint density at radius 3 is 2.65 bits per heavy atom. The maximum atomic E-state index is 11.1. The largest absolute Gasteiger partial charge is 0.329 e. The molecule has 106 valence electrons. The van der Waals surface area contributed by atoms with E-state index >= 15 is 0 Å². The fourth-order valence-electron chi connectivity index (χ4n) is 1.97. The van der Waals surface area contributed by atoms with Crippen molar-refractivity contribution in [2.24, 2.45) is 0 Å². The van der Waals surface area contributed by atoms with Crippen molar-refractivity contribution in [2.45, 2.75) is 33.6 Å². The summed E-state index contributed by atoms with van der Waals surface area (Å²) in [4.78, 5) is 19.0. The molecule has 8 heteroatoms. The predicted molar refractivity (Wildman–Crippen MR) is 74.3 cm³/mol. The first-order valence-electron chi connectivity index (χ1n) is 6.18. The fourth-order valence-corrected chi connectivity index (χ4v) is 2.28. The monoisotopic (exact) mass is 295 g/mol. The lowest BCUT2D eigenvalue weighted by molar-refractivity contribution is -0.385. The van der Waals surface area contributed by atoms with Crippen molar-refractivity contribution in [2.75, 3.05) is 0 Å². The van der Waals surface area contributed by atoms with Gasteiger partial charge in [0.15, 0.2) is 5.82 Å². The van der Waals surface area contributed by atoms with Crippen LogP contribution >= 0.6 is 11.6 Å². The number of aryl methyl sites for hydroxylation is 3. The molecule has 0 amide bonds. The second-order valence-electron chi connectivity index (χ2n) is 4.42. The van der Waals surface area contributed by atoms with Crippen molar-refractivity contribution in [3.05, 3.63) is 38.5 Å². The van der Waals surface area contributed by atoms with Crippen LogP contribution in [0.4, 0.5) is 5.69 Å². The van der Waals surface area contributed by atoms with Gasteiger partial charge in [0.25, 0.3) is 0 Å². The molecule has 0 radical (unpaired) electrons. The molecular formula is C12H14ClN5O2. The summed E-state index contributed by atoms with van der Waals surface area (Å²) in [6.07, 6.45) is 1.24. The van der Waals surface area contributed by atoms with E-state index in [4.69, 9.17) is 11.6 Å². The Balaban J connectivity index is 2.62. The van der Waals surface area contributed by atoms with Gasteiger partial charge in [0.2, 0.25) is 5.15 Å². The van der Waals surface area contributed by atoms with Crippen LogP contribution in [-0.2, 0) is 6.42 Å². The summed E-state index contributed by atoms with van der Waals surface area (Å²) in [5.74, 6) is 0.997. The summed E-state index contributed by atoms with van der Waals surface area (Å²) in [5.41, 5.74) is 0.970. The molecular weight excluding hydrogens is 282 g/mol. The zero-order chi connectivity index (χ0) is 14.9. The average Bonchev–Trinajstić information content (AvgIpc) is 2.65. The van der Waals surface area contributed by atoms with Crippen LogP contribution in [0.1, 0.15) is 30.6 Å². The summed E-state index contributed by atoms with van der Waals surface area (Å²) in [6, 6.07) is 1.69. The number of halogens is 1. The summed E-state index contributed by atoms with van der Waals surface area (Å²) in [6.45, 7) is 5.49. The van der Waals surface area contributed by atoms with Crippen LogP contribution in [0.2, 0.25) is 5.15 Å². The molecule has 7 nitrogen and oxygen atoms in total. The Morgan fingerprint density at radius 2 is 2.10 bits per heavy atom. The van der Waals surface area contributed by atoms with Gasteiger partial charge >= 0.3 is 5.69 Å². The third kappa shape index (κ3) is 2.62. The van der Waals surface area contributed by atoms with Crippen LogP contribution in [0.5, 0.6) is 0 Å². The van der Waals surface area contributed by atoms with Gasteiger partial charge in [0, 0.05) is 11.8 Å². The van der Waals surface area contributed by atoms with Crippen molar-refractivity contribution < 1.29 is 4.92 Å². The molecule has 2 aromatic heterocycles. The maximum Gasteiger partial charge on any atom is 0.329 e. The van der Waals surface area contributed by atoms with E-state index in [1.165, 1.54) is 4.68 Å². The minimum Gasteiger partial charge on any atom is -0.258 e. The first-order chi connectivity index (χ1) is 9.43. The second kappa shape index (κ2) is 5.54. The van der Waals surface area contributed by atoms with Crippen LogP contribution in [-0.4, -0.2) is 24.7 Å². The van der Waals surface area contributed by atoms with Crippen LogP contribution < -0.4 is 0 Å². The molecule has 0 N–H and O–H groups in total. The predicted octanol–water partition coefficient (Wildman–Crippen LogP) is 2.79. The van der Waals surface area contributed by atoms with Crippen LogP contribution in [0, 0.1) is 24.0 Å². The summed E-state index contributed by atoms with van der Waals surface area (Å²) in [5, 5.41) is 15.3. The molecule has 0 fully saturated rings. The third-order valence-electron chi connectivity index (χ3n) is 2.71. The van der Waals surface area contributed by atoms with E-state index in [1.807, 2.05) is 13.8 Å². The first kappa shape index (κ1) is 14.4. The van der Waals surface area contributed by atoms with Crippen molar-refractivity contribution in [1.29, 1.82) is 0 Å². The van der Waals surface area contributed by atoms with Crippen molar-refractivity contribution in [3.8, 4) is 5.82 Å². The molecule has 0 aliphatic carbocycles. The molecule has 0 spiro atoms. The van der Waals surface area contributed by atoms with Gasteiger partial charge in [0.1, 0.15) is 11.5 Å². The molecule has 0 saturated heterocycles. The number of aromatic nitrogens is 4. The SMILES string of the molecule is CCCc1nn(-c2cc(C)nc(C)n2)c(Cl)c1[N+](=O)[O-]. The molecule has 0 atom stereocenters. The van der Waals surface area contributed by atoms with E-state index in [0.717, 1.165) is 12.1 Å². The quantitative estimate of drug-likeness (QED) is 0.639. The minimum absolute atomic E-state index is 0.0315. The Kier molecular flexibility index (Phi) is 3.99. The van der Waals surface area contributed by atoms with E-state index in [0.29, 0.717) is 23.8 Å². The number of hydrogen-bond donors (Lipinski definition) is 0. The second-order valence-corrected chi connectivity index (χ2v) is 4.78. The molecule has 0 saturated carbocycles. The zero-order valence-electron chi connectivity index (χ0n) is 11.4. The average molecular weight is 296 g/mol. The highest BCUT2D eigenvalue weighted by Crippen LogP contribution is 2.31. The van der Waals surface area contributed by atoms with Crippen LogP contribution in [0.15, 0.2) is 6.07 Å². The summed E-state index contributed by atoms with van der Waals surface area (Å²) >= 11 is 6.10. The van der Waals surface area contributed by atoms with E-state index in [-0.39, 0.29) is 10.8 Å². The molecule has 0 aromatic carbocycles. The van der Waals surface area contributed by atoms with Crippen LogP contribution in [0.3, 0.4) is 0 Å². The van der Waals surface area contributed by atoms with E-state index in [2.05, 4.69) is 15.1 Å². The standard InChI is InChI=1S/C12H14ClN5O2/c1-4-5-9-11(18(19)20)12(13)17(16-9)10-6-7(2)14-8(3)15-10/h6H,4-5H2,1-3H3. The van der Waals surface area contributed by atoms with Gasteiger partial charge < -0.3 is 0 Å². The van der Waals surface area contributed by atoms with Gasteiger partial charge in [0.05, 0.1) is 4.92 Å². The molecule has 0 aliphatic heterocycles. The van der Waals surface area contributed by atoms with Crippen molar-refractivity contribution >= 4 is 17.3 Å². The number of hydrogen-bond acceptors (Lipinski definition) is 5. The number of nitro groups is 1. The highest BCUT2D eigenvalue weighted by molar-refractivity contribution is 6.32. The smallest absolute Gasteiger partial charge is 0.258 e. The van der Waals surface area contributed by atoms with Crippen molar-refractivity contribution in [1.82, 2.24) is 19.7 Å². The highest BCUT2D eigenvalue weighted by Gasteiger charge is 2.27.